The van der Waals surface area contributed by atoms with Crippen LogP contribution in [0.15, 0.2) is 18.3 Å². The predicted octanol–water partition coefficient (Wildman–Crippen LogP) is 1.23. The number of hydrogen-bond acceptors (Lipinski definition) is 4. The van der Waals surface area contributed by atoms with E-state index in [2.05, 4.69) is 15.2 Å². The van der Waals surface area contributed by atoms with E-state index in [0.717, 1.165) is 12.1 Å². The number of nitrogens with zero attached hydrogens (tertiary/aromatic N) is 3. The molecule has 1 saturated heterocycles. The van der Waals surface area contributed by atoms with Gasteiger partial charge in [-0.3, -0.25) is 9.20 Å². The Morgan fingerprint density at radius 3 is 3.00 bits per heavy atom. The van der Waals surface area contributed by atoms with Gasteiger partial charge in [-0.15, -0.1) is 0 Å². The molecule has 0 aliphatic carbocycles. The van der Waals surface area contributed by atoms with E-state index in [-0.39, 0.29) is 17.8 Å². The smallest absolute Gasteiger partial charge is 0.275 e. The molecule has 0 aromatic carbocycles. The maximum absolute atomic E-state index is 14.5. The number of aromatic nitrogens is 2. The van der Waals surface area contributed by atoms with E-state index in [0.29, 0.717) is 18.8 Å². The van der Waals surface area contributed by atoms with Crippen molar-refractivity contribution < 1.29 is 13.9 Å². The summed E-state index contributed by atoms with van der Waals surface area (Å²) in [6.45, 7) is 5.74. The fourth-order valence-corrected chi connectivity index (χ4v) is 3.04. The summed E-state index contributed by atoms with van der Waals surface area (Å²) in [6.07, 6.45) is 1.48. The molecule has 0 saturated carbocycles. The summed E-state index contributed by atoms with van der Waals surface area (Å²) in [7, 11) is 1.97. The zero-order valence-corrected chi connectivity index (χ0v) is 13.5. The zero-order chi connectivity index (χ0) is 16.6. The van der Waals surface area contributed by atoms with E-state index in [1.165, 1.54) is 4.40 Å². The SMILES string of the molecule is CCO[C@H]1CN(C)C[C@@H]1NC(=O)c1nc2c(C)cccn2c1F. The normalized spacial score (nSPS) is 21.9. The van der Waals surface area contributed by atoms with Crippen molar-refractivity contribution in [1.29, 1.82) is 0 Å². The Bertz CT molecular complexity index is 730. The van der Waals surface area contributed by atoms with Gasteiger partial charge in [0.05, 0.1) is 12.1 Å². The second-order valence-corrected chi connectivity index (χ2v) is 5.93. The van der Waals surface area contributed by atoms with Crippen LogP contribution in [0.25, 0.3) is 5.65 Å². The molecule has 3 heterocycles. The monoisotopic (exact) mass is 320 g/mol. The molecule has 1 aliphatic heterocycles. The Balaban J connectivity index is 1.83. The van der Waals surface area contributed by atoms with E-state index >= 15 is 0 Å². The Morgan fingerprint density at radius 2 is 2.30 bits per heavy atom. The lowest BCUT2D eigenvalue weighted by Crippen LogP contribution is -2.44. The average molecular weight is 320 g/mol. The number of amides is 1. The summed E-state index contributed by atoms with van der Waals surface area (Å²) >= 11 is 0. The fraction of sp³-hybridized carbons (Fsp3) is 0.500. The van der Waals surface area contributed by atoms with Gasteiger partial charge in [-0.25, -0.2) is 4.98 Å². The molecule has 2 aromatic heterocycles. The number of ether oxygens (including phenoxy) is 1. The van der Waals surface area contributed by atoms with Crippen molar-refractivity contribution in [2.45, 2.75) is 26.0 Å². The van der Waals surface area contributed by atoms with Crippen LogP contribution in [0.1, 0.15) is 23.0 Å². The summed E-state index contributed by atoms with van der Waals surface area (Å²) in [4.78, 5) is 18.7. The number of hydrogen-bond donors (Lipinski definition) is 1. The maximum Gasteiger partial charge on any atom is 0.275 e. The van der Waals surface area contributed by atoms with Crippen molar-refractivity contribution in [1.82, 2.24) is 19.6 Å². The largest absolute Gasteiger partial charge is 0.375 e. The molecule has 1 aliphatic rings. The van der Waals surface area contributed by atoms with E-state index in [4.69, 9.17) is 4.74 Å². The van der Waals surface area contributed by atoms with Gasteiger partial charge in [0.15, 0.2) is 5.69 Å². The number of likely N-dealkylation sites (tertiary alicyclic amines) is 1. The molecule has 6 nitrogen and oxygen atoms in total. The lowest BCUT2D eigenvalue weighted by molar-refractivity contribution is 0.0511. The first-order valence-electron chi connectivity index (χ1n) is 7.75. The van der Waals surface area contributed by atoms with E-state index in [1.54, 1.807) is 12.3 Å². The van der Waals surface area contributed by atoms with Crippen LogP contribution in [-0.4, -0.2) is 59.1 Å². The number of rotatable bonds is 4. The summed E-state index contributed by atoms with van der Waals surface area (Å²) < 4.78 is 21.4. The Kier molecular flexibility index (Phi) is 4.32. The minimum absolute atomic E-state index is 0.0872. The Morgan fingerprint density at radius 1 is 1.52 bits per heavy atom. The number of aryl methyl sites for hydroxylation is 1. The van der Waals surface area contributed by atoms with Crippen molar-refractivity contribution in [3.8, 4) is 0 Å². The Hall–Kier alpha value is -1.99. The van der Waals surface area contributed by atoms with Gasteiger partial charge >= 0.3 is 0 Å². The molecule has 0 unspecified atom stereocenters. The molecular weight excluding hydrogens is 299 g/mol. The third kappa shape index (κ3) is 2.94. The third-order valence-corrected chi connectivity index (χ3v) is 4.15. The molecule has 1 N–H and O–H groups in total. The molecule has 0 spiro atoms. The summed E-state index contributed by atoms with van der Waals surface area (Å²) in [5.74, 6) is -1.14. The molecule has 7 heteroatoms. The third-order valence-electron chi connectivity index (χ3n) is 4.15. The number of imidazole rings is 1. The van der Waals surface area contributed by atoms with Gasteiger partial charge in [0.1, 0.15) is 5.65 Å². The number of nitrogens with one attached hydrogen (secondary N) is 1. The number of fused-ring (bicyclic) bond motifs is 1. The molecule has 2 aromatic rings. The summed E-state index contributed by atoms with van der Waals surface area (Å²) in [6, 6.07) is 3.39. The van der Waals surface area contributed by atoms with Crippen molar-refractivity contribution in [3.63, 3.8) is 0 Å². The average Bonchev–Trinajstić information content (AvgIpc) is 3.02. The second-order valence-electron chi connectivity index (χ2n) is 5.93. The molecule has 1 fully saturated rings. The molecule has 23 heavy (non-hydrogen) atoms. The summed E-state index contributed by atoms with van der Waals surface area (Å²) in [5, 5.41) is 2.86. The topological polar surface area (TPSA) is 58.9 Å². The van der Waals surface area contributed by atoms with Gasteiger partial charge in [-0.05, 0) is 32.5 Å². The van der Waals surface area contributed by atoms with Crippen molar-refractivity contribution in [3.05, 3.63) is 35.5 Å². The fourth-order valence-electron chi connectivity index (χ4n) is 3.04. The number of halogens is 1. The predicted molar refractivity (Wildman–Crippen MR) is 84.1 cm³/mol. The van der Waals surface area contributed by atoms with E-state index in [1.807, 2.05) is 27.0 Å². The number of carbonyl (C=O) groups is 1. The first-order chi connectivity index (χ1) is 11.0. The Labute approximate surface area is 134 Å². The van der Waals surface area contributed by atoms with Crippen LogP contribution in [0.2, 0.25) is 0 Å². The van der Waals surface area contributed by atoms with Crippen LogP contribution in [0, 0.1) is 12.9 Å². The molecule has 3 rings (SSSR count). The molecule has 1 amide bonds. The highest BCUT2D eigenvalue weighted by atomic mass is 19.1. The molecule has 124 valence electrons. The second kappa shape index (κ2) is 6.25. The first kappa shape index (κ1) is 15.9. The van der Waals surface area contributed by atoms with Crippen molar-refractivity contribution in [2.75, 3.05) is 26.7 Å². The molecule has 2 atom stereocenters. The number of pyridine rings is 1. The van der Waals surface area contributed by atoms with Crippen LogP contribution in [0.5, 0.6) is 0 Å². The van der Waals surface area contributed by atoms with Gasteiger partial charge in [-0.1, -0.05) is 6.07 Å². The lowest BCUT2D eigenvalue weighted by Gasteiger charge is -2.19. The van der Waals surface area contributed by atoms with Gasteiger partial charge < -0.3 is 15.0 Å². The van der Waals surface area contributed by atoms with Crippen molar-refractivity contribution >= 4 is 11.6 Å². The van der Waals surface area contributed by atoms with Crippen LogP contribution in [-0.2, 0) is 4.74 Å². The van der Waals surface area contributed by atoms with Gasteiger partial charge in [0.25, 0.3) is 5.91 Å². The lowest BCUT2D eigenvalue weighted by atomic mass is 10.2. The number of likely N-dealkylation sites (N-methyl/N-ethyl adjacent to an activating group) is 1. The number of carbonyl (C=O) groups excluding carboxylic acids is 1. The highest BCUT2D eigenvalue weighted by Crippen LogP contribution is 2.16. The van der Waals surface area contributed by atoms with Gasteiger partial charge in [0, 0.05) is 25.9 Å². The van der Waals surface area contributed by atoms with Gasteiger partial charge in [-0.2, -0.15) is 4.39 Å². The first-order valence-corrected chi connectivity index (χ1v) is 7.75. The van der Waals surface area contributed by atoms with Gasteiger partial charge in [0.2, 0.25) is 5.95 Å². The maximum atomic E-state index is 14.5. The standard InChI is InChI=1S/C16H21FN4O2/c1-4-23-12-9-20(3)8-11(12)18-16(22)13-14(17)21-7-5-6-10(2)15(21)19-13/h5-7,11-12H,4,8-9H2,1-3H3,(H,18,22)/t11-,12-/m0/s1. The molecule has 0 radical (unpaired) electrons. The summed E-state index contributed by atoms with van der Waals surface area (Å²) in [5.41, 5.74) is 1.10. The van der Waals surface area contributed by atoms with Crippen molar-refractivity contribution in [2.24, 2.45) is 0 Å². The van der Waals surface area contributed by atoms with Crippen LogP contribution in [0.4, 0.5) is 4.39 Å². The highest BCUT2D eigenvalue weighted by Gasteiger charge is 2.33. The minimum Gasteiger partial charge on any atom is -0.375 e. The van der Waals surface area contributed by atoms with Crippen LogP contribution in [0.3, 0.4) is 0 Å². The van der Waals surface area contributed by atoms with E-state index in [9.17, 15) is 9.18 Å². The zero-order valence-electron chi connectivity index (χ0n) is 13.5. The minimum atomic E-state index is -0.638. The molecule has 0 bridgehead atoms. The van der Waals surface area contributed by atoms with Crippen LogP contribution >= 0.6 is 0 Å². The molecular formula is C16H21FN4O2. The van der Waals surface area contributed by atoms with E-state index < -0.39 is 11.9 Å². The quantitative estimate of drug-likeness (QED) is 0.920. The van der Waals surface area contributed by atoms with Crippen LogP contribution < -0.4 is 5.32 Å². The highest BCUT2D eigenvalue weighted by molar-refractivity contribution is 5.93.